The third-order valence-corrected chi connectivity index (χ3v) is 10.9. The second-order valence-electron chi connectivity index (χ2n) is 14.9. The average molecular weight is 713 g/mol. The summed E-state index contributed by atoms with van der Waals surface area (Å²) in [5.41, 5.74) is 1.94. The highest BCUT2D eigenvalue weighted by molar-refractivity contribution is 6.09. The molecule has 1 aliphatic heterocycles. The summed E-state index contributed by atoms with van der Waals surface area (Å²) >= 11 is 0. The maximum atomic E-state index is 14.2. The molecule has 0 aromatic heterocycles. The Morgan fingerprint density at radius 1 is 0.962 bits per heavy atom. The Bertz CT molecular complexity index is 1920. The summed E-state index contributed by atoms with van der Waals surface area (Å²) in [5, 5.41) is 65.7. The lowest BCUT2D eigenvalue weighted by atomic mass is 9.72. The number of carboxylic acid groups (broad SMARTS) is 1. The number of aliphatic hydroxyl groups excluding tert-OH is 3. The van der Waals surface area contributed by atoms with Gasteiger partial charge in [-0.15, -0.1) is 0 Å². The summed E-state index contributed by atoms with van der Waals surface area (Å²) < 4.78 is 11.8. The van der Waals surface area contributed by atoms with Gasteiger partial charge < -0.3 is 40.1 Å². The molecule has 1 fully saturated rings. The number of rotatable bonds is 12. The van der Waals surface area contributed by atoms with Crippen molar-refractivity contribution >= 4 is 22.5 Å². The van der Waals surface area contributed by atoms with Crippen LogP contribution in [0.2, 0.25) is 0 Å². The zero-order valence-electron chi connectivity index (χ0n) is 29.7. The van der Waals surface area contributed by atoms with E-state index in [9.17, 15) is 40.2 Å². The Kier molecular flexibility index (Phi) is 11.0. The molecule has 4 aromatic rings. The molecular formula is C42H48O10. The molecule has 0 radical (unpaired) electrons. The molecule has 1 heterocycles. The third kappa shape index (κ3) is 7.31. The van der Waals surface area contributed by atoms with Crippen molar-refractivity contribution in [2.45, 2.75) is 101 Å². The molecule has 276 valence electrons. The molecule has 10 nitrogen and oxygen atoms in total. The van der Waals surface area contributed by atoms with Crippen molar-refractivity contribution in [2.75, 3.05) is 6.61 Å². The minimum Gasteiger partial charge on any atom is -0.506 e. The smallest absolute Gasteiger partial charge is 0.335 e. The van der Waals surface area contributed by atoms with Crippen LogP contribution in [0.4, 0.5) is 0 Å². The Balaban J connectivity index is 1.32. The minimum absolute atomic E-state index is 0.0254. The highest BCUT2D eigenvalue weighted by Gasteiger charge is 2.55. The van der Waals surface area contributed by atoms with E-state index in [1.807, 2.05) is 44.2 Å². The zero-order valence-corrected chi connectivity index (χ0v) is 29.7. The van der Waals surface area contributed by atoms with E-state index < -0.39 is 48.5 Å². The standard InChI is InChI=1S/C42H48O10/c1-23(2)15-16-42(50)34(22-43)52-41(38(46)39(42)47)51-33-21-29(40(48)49)19-28-17-24(3)35(37(45)36(28)33)32(44)20-27-14-13-26(18-25-9-5-4-6-10-25)30-11-7-8-12-31(27)30/h4-12,17,19,21,23,26-27,34,38-39,41,43,45-47,50H,13-16,18,20,22H2,1-3H3,(H,48,49)/t26-,27+,34+,38+,39+,41-,42+/m0/s1. The normalized spacial score (nSPS) is 25.9. The fourth-order valence-corrected chi connectivity index (χ4v) is 8.05. The van der Waals surface area contributed by atoms with Gasteiger partial charge >= 0.3 is 5.97 Å². The quantitative estimate of drug-likeness (QED) is 0.0955. The summed E-state index contributed by atoms with van der Waals surface area (Å²) in [6.07, 6.45) is -3.37. The first kappa shape index (κ1) is 37.4. The number of hydrogen-bond acceptors (Lipinski definition) is 9. The van der Waals surface area contributed by atoms with Gasteiger partial charge in [-0.1, -0.05) is 74.5 Å². The number of ether oxygens (including phenoxy) is 2. The van der Waals surface area contributed by atoms with Crippen molar-refractivity contribution in [1.29, 1.82) is 0 Å². The van der Waals surface area contributed by atoms with E-state index >= 15 is 0 Å². The predicted octanol–water partition coefficient (Wildman–Crippen LogP) is 6.01. The molecule has 1 saturated heterocycles. The molecule has 6 N–H and O–H groups in total. The highest BCUT2D eigenvalue weighted by atomic mass is 16.7. The van der Waals surface area contributed by atoms with Gasteiger partial charge in [0.25, 0.3) is 0 Å². The molecule has 0 amide bonds. The first-order valence-electron chi connectivity index (χ1n) is 18.0. The van der Waals surface area contributed by atoms with Crippen molar-refractivity contribution in [3.63, 3.8) is 0 Å². The summed E-state index contributed by atoms with van der Waals surface area (Å²) in [4.78, 5) is 26.3. The van der Waals surface area contributed by atoms with E-state index in [1.165, 1.54) is 17.2 Å². The number of ketones is 1. The molecule has 10 heteroatoms. The maximum Gasteiger partial charge on any atom is 0.335 e. The van der Waals surface area contributed by atoms with Crippen LogP contribution in [0.1, 0.15) is 101 Å². The van der Waals surface area contributed by atoms with Crippen LogP contribution in [-0.2, 0) is 11.2 Å². The van der Waals surface area contributed by atoms with Gasteiger partial charge in [-0.05, 0) is 96.6 Å². The maximum absolute atomic E-state index is 14.2. The fourth-order valence-electron chi connectivity index (χ4n) is 8.05. The second-order valence-corrected chi connectivity index (χ2v) is 14.9. The Labute approximate surface area is 303 Å². The molecule has 1 aliphatic carbocycles. The Morgan fingerprint density at radius 2 is 1.62 bits per heavy atom. The first-order chi connectivity index (χ1) is 24.8. The lowest BCUT2D eigenvalue weighted by molar-refractivity contribution is -0.315. The van der Waals surface area contributed by atoms with Crippen molar-refractivity contribution in [3.8, 4) is 11.5 Å². The number of carbonyl (C=O) groups excluding carboxylic acids is 1. The lowest BCUT2D eigenvalue weighted by Crippen LogP contribution is -2.67. The van der Waals surface area contributed by atoms with E-state index in [-0.39, 0.29) is 58.1 Å². The summed E-state index contributed by atoms with van der Waals surface area (Å²) in [5.74, 6) is -1.80. The third-order valence-electron chi connectivity index (χ3n) is 10.9. The summed E-state index contributed by atoms with van der Waals surface area (Å²) in [6.45, 7) is 4.84. The van der Waals surface area contributed by atoms with Crippen LogP contribution in [0.15, 0.2) is 72.8 Å². The van der Waals surface area contributed by atoms with E-state index in [2.05, 4.69) is 24.3 Å². The molecule has 7 atom stereocenters. The minimum atomic E-state index is -1.98. The number of aromatic hydroxyl groups is 1. The van der Waals surface area contributed by atoms with Crippen molar-refractivity contribution < 1.29 is 49.7 Å². The number of carboxylic acids is 1. The van der Waals surface area contributed by atoms with E-state index in [0.717, 1.165) is 30.9 Å². The van der Waals surface area contributed by atoms with Crippen LogP contribution >= 0.6 is 0 Å². The van der Waals surface area contributed by atoms with Gasteiger partial charge in [-0.2, -0.15) is 0 Å². The van der Waals surface area contributed by atoms with Crippen LogP contribution in [0.3, 0.4) is 0 Å². The number of phenolic OH excluding ortho intramolecular Hbond substituents is 1. The number of aromatic carboxylic acids is 1. The molecule has 0 spiro atoms. The van der Waals surface area contributed by atoms with Gasteiger partial charge in [-0.3, -0.25) is 4.79 Å². The molecule has 0 bridgehead atoms. The van der Waals surface area contributed by atoms with Gasteiger partial charge in [0.15, 0.2) is 5.78 Å². The summed E-state index contributed by atoms with van der Waals surface area (Å²) in [7, 11) is 0. The van der Waals surface area contributed by atoms with Crippen LogP contribution in [0.5, 0.6) is 11.5 Å². The average Bonchev–Trinajstić information content (AvgIpc) is 3.12. The number of aryl methyl sites for hydroxylation is 1. The molecule has 4 aromatic carbocycles. The lowest BCUT2D eigenvalue weighted by Gasteiger charge is -2.48. The largest absolute Gasteiger partial charge is 0.506 e. The number of benzene rings is 4. The molecule has 0 unspecified atom stereocenters. The first-order valence-corrected chi connectivity index (χ1v) is 18.0. The SMILES string of the molecule is Cc1cc2cc(C(=O)O)cc(O[C@H]3O[C@H](CO)[C@](O)(CCC(C)C)[C@H](O)[C@H]3O)c2c(O)c1C(=O)C[C@H]1CC[C@@H](Cc2ccccc2)c2ccccc21. The highest BCUT2D eigenvalue weighted by Crippen LogP contribution is 2.45. The van der Waals surface area contributed by atoms with E-state index in [0.29, 0.717) is 17.9 Å². The summed E-state index contributed by atoms with van der Waals surface area (Å²) in [6, 6.07) is 22.7. The van der Waals surface area contributed by atoms with Gasteiger partial charge in [0, 0.05) is 6.42 Å². The van der Waals surface area contributed by atoms with Gasteiger partial charge in [-0.25, -0.2) is 4.79 Å². The van der Waals surface area contributed by atoms with Crippen molar-refractivity contribution in [2.24, 2.45) is 5.92 Å². The predicted molar refractivity (Wildman–Crippen MR) is 195 cm³/mol. The molecule has 6 rings (SSSR count). The van der Waals surface area contributed by atoms with Crippen LogP contribution < -0.4 is 4.74 Å². The van der Waals surface area contributed by atoms with Gasteiger partial charge in [0.2, 0.25) is 6.29 Å². The Morgan fingerprint density at radius 3 is 2.27 bits per heavy atom. The van der Waals surface area contributed by atoms with Gasteiger partial charge in [0.1, 0.15) is 35.4 Å². The van der Waals surface area contributed by atoms with Crippen molar-refractivity contribution in [1.82, 2.24) is 0 Å². The second kappa shape index (κ2) is 15.3. The number of Topliss-reactive ketones (excluding diaryl/α,β-unsaturated/α-hetero) is 1. The van der Waals surface area contributed by atoms with E-state index in [4.69, 9.17) is 9.47 Å². The monoisotopic (exact) mass is 712 g/mol. The van der Waals surface area contributed by atoms with E-state index in [1.54, 1.807) is 13.0 Å². The van der Waals surface area contributed by atoms with Gasteiger partial charge in [0.05, 0.1) is 23.1 Å². The molecule has 52 heavy (non-hydrogen) atoms. The van der Waals surface area contributed by atoms with Crippen LogP contribution in [0, 0.1) is 12.8 Å². The molecular weight excluding hydrogens is 664 g/mol. The molecule has 2 aliphatic rings. The van der Waals surface area contributed by atoms with Crippen LogP contribution in [-0.4, -0.2) is 79.2 Å². The number of fused-ring (bicyclic) bond motifs is 2. The number of aliphatic hydroxyl groups is 4. The Hall–Kier alpha value is -4.32. The number of hydrogen-bond donors (Lipinski definition) is 6. The number of carbonyl (C=O) groups is 2. The van der Waals surface area contributed by atoms with Crippen molar-refractivity contribution in [3.05, 3.63) is 106 Å². The van der Waals surface area contributed by atoms with Crippen LogP contribution in [0.25, 0.3) is 10.8 Å². The zero-order chi connectivity index (χ0) is 37.3. The fraction of sp³-hybridized carbons (Fsp3) is 0.429. The topological polar surface area (TPSA) is 174 Å². The molecule has 0 saturated carbocycles. The number of phenols is 1.